The number of rotatable bonds is 10. The van der Waals surface area contributed by atoms with Crippen LogP contribution in [0.1, 0.15) is 19.4 Å². The Balaban J connectivity index is 2.29. The van der Waals surface area contributed by atoms with Crippen molar-refractivity contribution in [1.29, 1.82) is 0 Å². The Morgan fingerprint density at radius 3 is 2.21 bits per heavy atom. The zero-order valence-corrected chi connectivity index (χ0v) is 12.1. The lowest BCUT2D eigenvalue weighted by atomic mass is 10.2. The minimum Gasteiger partial charge on any atom is -0.497 e. The number of ether oxygens (including phenoxy) is 4. The fourth-order valence-corrected chi connectivity index (χ4v) is 1.66. The number of hydrogen-bond acceptors (Lipinski definition) is 4. The average Bonchev–Trinajstić information content (AvgIpc) is 2.45. The molecule has 1 aromatic rings. The molecule has 0 heterocycles. The highest BCUT2D eigenvalue weighted by molar-refractivity contribution is 5.26. The first-order valence-corrected chi connectivity index (χ1v) is 6.70. The second-order valence-electron chi connectivity index (χ2n) is 4.10. The molecule has 1 unspecified atom stereocenters. The Morgan fingerprint density at radius 1 is 0.947 bits per heavy atom. The Morgan fingerprint density at radius 2 is 1.63 bits per heavy atom. The van der Waals surface area contributed by atoms with E-state index in [1.807, 2.05) is 38.1 Å². The van der Waals surface area contributed by atoms with Gasteiger partial charge in [-0.1, -0.05) is 12.1 Å². The van der Waals surface area contributed by atoms with Crippen LogP contribution in [0.2, 0.25) is 0 Å². The number of benzene rings is 1. The smallest absolute Gasteiger partial charge is 0.118 e. The van der Waals surface area contributed by atoms with Crippen LogP contribution in [0.5, 0.6) is 5.75 Å². The van der Waals surface area contributed by atoms with E-state index in [9.17, 15) is 0 Å². The second-order valence-corrected chi connectivity index (χ2v) is 4.10. The molecule has 0 fully saturated rings. The van der Waals surface area contributed by atoms with Crippen LogP contribution in [0.4, 0.5) is 0 Å². The zero-order chi connectivity index (χ0) is 13.9. The van der Waals surface area contributed by atoms with Crippen molar-refractivity contribution in [2.45, 2.75) is 26.6 Å². The normalized spacial score (nSPS) is 12.4. The monoisotopic (exact) mass is 268 g/mol. The van der Waals surface area contributed by atoms with E-state index in [2.05, 4.69) is 0 Å². The molecule has 0 radical (unpaired) electrons. The van der Waals surface area contributed by atoms with E-state index in [1.165, 1.54) is 0 Å². The van der Waals surface area contributed by atoms with Gasteiger partial charge in [0, 0.05) is 13.2 Å². The van der Waals surface area contributed by atoms with Crippen molar-refractivity contribution in [3.05, 3.63) is 29.8 Å². The summed E-state index contributed by atoms with van der Waals surface area (Å²) in [6.07, 6.45) is 0.00296. The molecule has 0 aliphatic rings. The van der Waals surface area contributed by atoms with Gasteiger partial charge in [-0.05, 0) is 31.5 Å². The predicted molar refractivity (Wildman–Crippen MR) is 74.6 cm³/mol. The van der Waals surface area contributed by atoms with Gasteiger partial charge < -0.3 is 18.9 Å². The first-order chi connectivity index (χ1) is 9.30. The highest BCUT2D eigenvalue weighted by Gasteiger charge is 2.08. The molecule has 108 valence electrons. The highest BCUT2D eigenvalue weighted by Crippen LogP contribution is 2.12. The Labute approximate surface area is 115 Å². The van der Waals surface area contributed by atoms with E-state index in [4.69, 9.17) is 18.9 Å². The first-order valence-electron chi connectivity index (χ1n) is 6.70. The largest absolute Gasteiger partial charge is 0.497 e. The molecule has 0 spiro atoms. The zero-order valence-electron chi connectivity index (χ0n) is 12.1. The Hall–Kier alpha value is -1.10. The van der Waals surface area contributed by atoms with Gasteiger partial charge in [0.1, 0.15) is 11.9 Å². The van der Waals surface area contributed by atoms with Crippen molar-refractivity contribution in [3.8, 4) is 5.75 Å². The summed E-state index contributed by atoms with van der Waals surface area (Å²) in [6, 6.07) is 7.85. The molecule has 0 saturated heterocycles. The maximum Gasteiger partial charge on any atom is 0.118 e. The van der Waals surface area contributed by atoms with E-state index in [1.54, 1.807) is 7.11 Å². The van der Waals surface area contributed by atoms with Gasteiger partial charge in [0.05, 0.1) is 26.9 Å². The lowest BCUT2D eigenvalue weighted by Gasteiger charge is -2.17. The molecule has 1 atom stereocenters. The van der Waals surface area contributed by atoms with E-state index >= 15 is 0 Å². The second kappa shape index (κ2) is 9.78. The van der Waals surface area contributed by atoms with Gasteiger partial charge in [-0.25, -0.2) is 0 Å². The topological polar surface area (TPSA) is 36.9 Å². The van der Waals surface area contributed by atoms with Crippen LogP contribution < -0.4 is 4.74 Å². The molecule has 4 nitrogen and oxygen atoms in total. The first kappa shape index (κ1) is 16.0. The molecule has 0 N–H and O–H groups in total. The van der Waals surface area contributed by atoms with Gasteiger partial charge in [-0.3, -0.25) is 0 Å². The third-order valence-corrected chi connectivity index (χ3v) is 2.64. The summed E-state index contributed by atoms with van der Waals surface area (Å²) in [4.78, 5) is 0. The van der Waals surface area contributed by atoms with Crippen LogP contribution in [0.25, 0.3) is 0 Å². The molecule has 0 bridgehead atoms. The van der Waals surface area contributed by atoms with Gasteiger partial charge >= 0.3 is 0 Å². The third-order valence-electron chi connectivity index (χ3n) is 2.64. The Bertz CT molecular complexity index is 323. The van der Waals surface area contributed by atoms with Gasteiger partial charge in [-0.2, -0.15) is 0 Å². The minimum atomic E-state index is 0.00296. The van der Waals surface area contributed by atoms with Gasteiger partial charge in [-0.15, -0.1) is 0 Å². The number of hydrogen-bond donors (Lipinski definition) is 0. The Kier molecular flexibility index (Phi) is 8.21. The van der Waals surface area contributed by atoms with Crippen molar-refractivity contribution in [1.82, 2.24) is 0 Å². The predicted octanol–water partition coefficient (Wildman–Crippen LogP) is 2.65. The molecular formula is C15H24O4. The maximum absolute atomic E-state index is 5.66. The molecule has 4 heteroatoms. The van der Waals surface area contributed by atoms with Gasteiger partial charge in [0.2, 0.25) is 0 Å². The lowest BCUT2D eigenvalue weighted by Crippen LogP contribution is -2.25. The summed E-state index contributed by atoms with van der Waals surface area (Å²) in [6.45, 7) is 7.00. The van der Waals surface area contributed by atoms with E-state index in [0.29, 0.717) is 33.0 Å². The average molecular weight is 268 g/mol. The summed E-state index contributed by atoms with van der Waals surface area (Å²) < 4.78 is 21.7. The fourth-order valence-electron chi connectivity index (χ4n) is 1.66. The third kappa shape index (κ3) is 6.57. The van der Waals surface area contributed by atoms with Gasteiger partial charge in [0.15, 0.2) is 0 Å². The molecule has 0 amide bonds. The van der Waals surface area contributed by atoms with E-state index in [-0.39, 0.29) is 6.10 Å². The van der Waals surface area contributed by atoms with Crippen molar-refractivity contribution >= 4 is 0 Å². The quantitative estimate of drug-likeness (QED) is 0.653. The van der Waals surface area contributed by atoms with Crippen LogP contribution in [0.3, 0.4) is 0 Å². The van der Waals surface area contributed by atoms with Crippen molar-refractivity contribution < 1.29 is 18.9 Å². The van der Waals surface area contributed by atoms with Crippen LogP contribution in [0.15, 0.2) is 24.3 Å². The summed E-state index contributed by atoms with van der Waals surface area (Å²) in [5.74, 6) is 0.854. The van der Waals surface area contributed by atoms with Crippen molar-refractivity contribution in [2.24, 2.45) is 0 Å². The lowest BCUT2D eigenvalue weighted by molar-refractivity contribution is -0.0579. The van der Waals surface area contributed by atoms with Crippen LogP contribution in [0, 0.1) is 0 Å². The molecular weight excluding hydrogens is 244 g/mol. The van der Waals surface area contributed by atoms with Gasteiger partial charge in [0.25, 0.3) is 0 Å². The molecule has 1 aromatic carbocycles. The molecule has 19 heavy (non-hydrogen) atoms. The van der Waals surface area contributed by atoms with Crippen LogP contribution in [-0.4, -0.2) is 39.6 Å². The molecule has 1 rings (SSSR count). The molecule has 0 aliphatic heterocycles. The summed E-state index contributed by atoms with van der Waals surface area (Å²) in [7, 11) is 1.66. The summed E-state index contributed by atoms with van der Waals surface area (Å²) >= 11 is 0. The fraction of sp³-hybridized carbons (Fsp3) is 0.600. The molecule has 0 saturated carbocycles. The number of methoxy groups -OCH3 is 1. The van der Waals surface area contributed by atoms with Crippen molar-refractivity contribution in [3.63, 3.8) is 0 Å². The molecule has 0 aliphatic carbocycles. The van der Waals surface area contributed by atoms with Crippen molar-refractivity contribution in [2.75, 3.05) is 33.5 Å². The van der Waals surface area contributed by atoms with Crippen LogP contribution >= 0.6 is 0 Å². The minimum absolute atomic E-state index is 0.00296. The molecule has 0 aromatic heterocycles. The summed E-state index contributed by atoms with van der Waals surface area (Å²) in [5.41, 5.74) is 1.12. The summed E-state index contributed by atoms with van der Waals surface area (Å²) in [5, 5.41) is 0. The van der Waals surface area contributed by atoms with Crippen LogP contribution in [-0.2, 0) is 20.8 Å². The SMILES string of the molecule is CCOCC(COCc1ccc(OC)cc1)OCC. The highest BCUT2D eigenvalue weighted by atomic mass is 16.6. The standard InChI is InChI=1S/C15H24O4/c1-4-17-11-15(19-5-2)12-18-10-13-6-8-14(16-3)9-7-13/h6-9,15H,4-5,10-12H2,1-3H3. The van der Waals surface area contributed by atoms with E-state index in [0.717, 1.165) is 11.3 Å². The maximum atomic E-state index is 5.66. The van der Waals surface area contributed by atoms with E-state index < -0.39 is 0 Å².